The molecule has 0 aliphatic carbocycles. The monoisotopic (exact) mass is 359 g/mol. The smallest absolute Gasteiger partial charge is 0.267 e. The standard InChI is InChI=1S/C20H17N5O2/c1-11-5-7-13(8-6-11)25-16(21)14(17(22)26)10-15-19(25)23-18-12(2)4-3-9-24(18)20(15)27/h3-10,21H,1-2H3,(H2,22,26). The maximum atomic E-state index is 13.1. The highest BCUT2D eigenvalue weighted by molar-refractivity contribution is 5.96. The molecule has 0 atom stereocenters. The first-order valence-corrected chi connectivity index (χ1v) is 8.37. The summed E-state index contributed by atoms with van der Waals surface area (Å²) in [7, 11) is 0. The van der Waals surface area contributed by atoms with Crippen molar-refractivity contribution in [2.24, 2.45) is 5.73 Å². The van der Waals surface area contributed by atoms with E-state index in [-0.39, 0.29) is 22.0 Å². The summed E-state index contributed by atoms with van der Waals surface area (Å²) < 4.78 is 2.92. The van der Waals surface area contributed by atoms with Crippen molar-refractivity contribution in [2.75, 3.05) is 0 Å². The highest BCUT2D eigenvalue weighted by Crippen LogP contribution is 2.17. The third-order valence-electron chi connectivity index (χ3n) is 4.60. The fourth-order valence-corrected chi connectivity index (χ4v) is 3.17. The zero-order chi connectivity index (χ0) is 19.3. The van der Waals surface area contributed by atoms with E-state index in [1.54, 1.807) is 12.3 Å². The van der Waals surface area contributed by atoms with E-state index in [0.29, 0.717) is 17.0 Å². The number of carbonyl (C=O) groups excluding carboxylic acids is 1. The SMILES string of the molecule is Cc1ccc(-n2c(=N)c(C(N)=O)cc3c(=O)n4cccc(C)c4nc32)cc1. The minimum absolute atomic E-state index is 0.0328. The van der Waals surface area contributed by atoms with Gasteiger partial charge in [0.25, 0.3) is 11.5 Å². The van der Waals surface area contributed by atoms with E-state index in [9.17, 15) is 9.59 Å². The van der Waals surface area contributed by atoms with E-state index >= 15 is 0 Å². The number of carbonyl (C=O) groups is 1. The van der Waals surface area contributed by atoms with Crippen molar-refractivity contribution in [1.29, 1.82) is 5.41 Å². The van der Waals surface area contributed by atoms with Crippen molar-refractivity contribution in [3.63, 3.8) is 0 Å². The van der Waals surface area contributed by atoms with Crippen molar-refractivity contribution in [3.05, 3.63) is 81.2 Å². The molecular formula is C20H17N5O2. The van der Waals surface area contributed by atoms with Crippen molar-refractivity contribution in [2.45, 2.75) is 13.8 Å². The molecule has 134 valence electrons. The zero-order valence-corrected chi connectivity index (χ0v) is 14.9. The molecule has 3 N–H and O–H groups in total. The van der Waals surface area contributed by atoms with Crippen molar-refractivity contribution in [3.8, 4) is 5.69 Å². The molecule has 3 aromatic heterocycles. The van der Waals surface area contributed by atoms with Crippen LogP contribution >= 0.6 is 0 Å². The lowest BCUT2D eigenvalue weighted by atomic mass is 10.1. The van der Waals surface area contributed by atoms with E-state index in [2.05, 4.69) is 4.98 Å². The topological polar surface area (TPSA) is 106 Å². The summed E-state index contributed by atoms with van der Waals surface area (Å²) in [4.78, 5) is 29.6. The number of nitrogens with zero attached hydrogens (tertiary/aromatic N) is 3. The maximum absolute atomic E-state index is 13.1. The van der Waals surface area contributed by atoms with E-state index in [4.69, 9.17) is 11.1 Å². The molecule has 1 aromatic carbocycles. The number of primary amides is 1. The van der Waals surface area contributed by atoms with Gasteiger partial charge in [-0.25, -0.2) is 4.98 Å². The Balaban J connectivity index is 2.28. The van der Waals surface area contributed by atoms with Gasteiger partial charge in [-0.05, 0) is 43.7 Å². The van der Waals surface area contributed by atoms with Crippen LogP contribution in [0.2, 0.25) is 0 Å². The van der Waals surface area contributed by atoms with Crippen molar-refractivity contribution >= 4 is 22.6 Å². The number of nitrogens with one attached hydrogen (secondary N) is 1. The minimum Gasteiger partial charge on any atom is -0.365 e. The maximum Gasteiger partial charge on any atom is 0.267 e. The normalized spacial score (nSPS) is 11.2. The molecule has 0 fully saturated rings. The quantitative estimate of drug-likeness (QED) is 0.533. The van der Waals surface area contributed by atoms with Gasteiger partial charge >= 0.3 is 0 Å². The fourth-order valence-electron chi connectivity index (χ4n) is 3.17. The van der Waals surface area contributed by atoms with E-state index in [1.165, 1.54) is 15.0 Å². The number of nitrogens with two attached hydrogens (primary N) is 1. The number of hydrogen-bond acceptors (Lipinski definition) is 4. The summed E-state index contributed by atoms with van der Waals surface area (Å²) in [5.74, 6) is -0.767. The average molecular weight is 359 g/mol. The molecule has 4 aromatic rings. The molecule has 7 heteroatoms. The molecule has 0 bridgehead atoms. The van der Waals surface area contributed by atoms with Gasteiger partial charge in [0, 0.05) is 11.9 Å². The Labute approximate surface area is 153 Å². The van der Waals surface area contributed by atoms with Gasteiger partial charge in [0.05, 0.1) is 10.9 Å². The van der Waals surface area contributed by atoms with Crippen LogP contribution in [-0.2, 0) is 0 Å². The predicted octanol–water partition coefficient (Wildman–Crippen LogP) is 1.83. The first-order chi connectivity index (χ1) is 12.9. The average Bonchev–Trinajstić information content (AvgIpc) is 2.63. The summed E-state index contributed by atoms with van der Waals surface area (Å²) in [5.41, 5.74) is 8.33. The van der Waals surface area contributed by atoms with Gasteiger partial charge < -0.3 is 5.73 Å². The van der Waals surface area contributed by atoms with Crippen molar-refractivity contribution < 1.29 is 4.79 Å². The second-order valence-corrected chi connectivity index (χ2v) is 6.48. The third kappa shape index (κ3) is 2.52. The van der Waals surface area contributed by atoms with Crippen LogP contribution in [-0.4, -0.2) is 19.9 Å². The lowest BCUT2D eigenvalue weighted by Gasteiger charge is -2.14. The Kier molecular flexibility index (Phi) is 3.66. The molecular weight excluding hydrogens is 342 g/mol. The van der Waals surface area contributed by atoms with Gasteiger partial charge in [0.2, 0.25) is 0 Å². The molecule has 7 nitrogen and oxygen atoms in total. The van der Waals surface area contributed by atoms with Gasteiger partial charge in [-0.1, -0.05) is 23.8 Å². The Bertz CT molecular complexity index is 1350. The number of hydrogen-bond donors (Lipinski definition) is 2. The highest BCUT2D eigenvalue weighted by Gasteiger charge is 2.17. The van der Waals surface area contributed by atoms with Crippen LogP contribution in [0, 0.1) is 19.3 Å². The Hall–Kier alpha value is -3.74. The Morgan fingerprint density at radius 3 is 2.48 bits per heavy atom. The van der Waals surface area contributed by atoms with Crippen LogP contribution in [0.15, 0.2) is 53.5 Å². The highest BCUT2D eigenvalue weighted by atomic mass is 16.1. The number of aryl methyl sites for hydroxylation is 2. The summed E-state index contributed by atoms with van der Waals surface area (Å²) in [6, 6.07) is 12.4. The van der Waals surface area contributed by atoms with Gasteiger partial charge in [-0.15, -0.1) is 0 Å². The number of pyridine rings is 2. The summed E-state index contributed by atoms with van der Waals surface area (Å²) in [6.45, 7) is 3.82. The molecule has 0 radical (unpaired) electrons. The number of benzene rings is 1. The first kappa shape index (κ1) is 16.7. The molecule has 0 unspecified atom stereocenters. The third-order valence-corrected chi connectivity index (χ3v) is 4.60. The molecule has 27 heavy (non-hydrogen) atoms. The molecule has 0 spiro atoms. The molecule has 4 rings (SSSR count). The van der Waals surface area contributed by atoms with Gasteiger partial charge in [0.15, 0.2) is 5.65 Å². The van der Waals surface area contributed by atoms with Crippen LogP contribution in [0.3, 0.4) is 0 Å². The Morgan fingerprint density at radius 1 is 1.11 bits per heavy atom. The summed E-state index contributed by atoms with van der Waals surface area (Å²) in [6.07, 6.45) is 1.63. The van der Waals surface area contributed by atoms with Crippen LogP contribution < -0.4 is 16.8 Å². The molecule has 0 aliphatic rings. The second-order valence-electron chi connectivity index (χ2n) is 6.48. The number of amides is 1. The molecule has 0 saturated heterocycles. The molecule has 0 aliphatic heterocycles. The van der Waals surface area contributed by atoms with Gasteiger partial charge in [-0.3, -0.25) is 24.0 Å². The van der Waals surface area contributed by atoms with E-state index < -0.39 is 5.91 Å². The van der Waals surface area contributed by atoms with Crippen LogP contribution in [0.1, 0.15) is 21.5 Å². The van der Waals surface area contributed by atoms with E-state index in [1.807, 2.05) is 44.2 Å². The summed E-state index contributed by atoms with van der Waals surface area (Å²) >= 11 is 0. The predicted molar refractivity (Wildman–Crippen MR) is 102 cm³/mol. The van der Waals surface area contributed by atoms with Gasteiger partial charge in [-0.2, -0.15) is 0 Å². The number of fused-ring (bicyclic) bond motifs is 2. The van der Waals surface area contributed by atoms with Gasteiger partial charge in [0.1, 0.15) is 11.1 Å². The second kappa shape index (κ2) is 5.91. The number of rotatable bonds is 2. The Morgan fingerprint density at radius 2 is 1.81 bits per heavy atom. The fraction of sp³-hybridized carbons (Fsp3) is 0.100. The largest absolute Gasteiger partial charge is 0.365 e. The molecule has 1 amide bonds. The molecule has 3 heterocycles. The number of aromatic nitrogens is 3. The lowest BCUT2D eigenvalue weighted by Crippen LogP contribution is -2.31. The molecule has 0 saturated carbocycles. The lowest BCUT2D eigenvalue weighted by molar-refractivity contribution is 0.0998. The van der Waals surface area contributed by atoms with Crippen LogP contribution in [0.5, 0.6) is 0 Å². The first-order valence-electron chi connectivity index (χ1n) is 8.37. The zero-order valence-electron chi connectivity index (χ0n) is 14.9. The van der Waals surface area contributed by atoms with Crippen LogP contribution in [0.4, 0.5) is 0 Å². The summed E-state index contributed by atoms with van der Waals surface area (Å²) in [5, 5.41) is 8.72. The van der Waals surface area contributed by atoms with Crippen molar-refractivity contribution in [1.82, 2.24) is 14.0 Å². The van der Waals surface area contributed by atoms with Crippen LogP contribution in [0.25, 0.3) is 22.4 Å². The van der Waals surface area contributed by atoms with E-state index in [0.717, 1.165) is 11.1 Å². The minimum atomic E-state index is -0.767.